The number of nitrogens with zero attached hydrogens (tertiary/aromatic N) is 3. The molecular weight excluding hydrogens is 252 g/mol. The number of benzene rings is 1. The zero-order chi connectivity index (χ0) is 12.0. The van der Waals surface area contributed by atoms with E-state index in [1.54, 1.807) is 18.2 Å². The number of hydrogen-bond acceptors (Lipinski definition) is 1. The highest BCUT2D eigenvalue weighted by atomic mass is 35.5. The van der Waals surface area contributed by atoms with Crippen molar-refractivity contribution in [3.05, 3.63) is 50.1 Å². The summed E-state index contributed by atoms with van der Waals surface area (Å²) in [6.45, 7) is 0.372. The summed E-state index contributed by atoms with van der Waals surface area (Å²) >= 11 is 11.3. The van der Waals surface area contributed by atoms with Crippen LogP contribution in [0, 0.1) is 5.82 Å². The van der Waals surface area contributed by atoms with E-state index in [2.05, 4.69) is 10.0 Å². The molecule has 1 aromatic rings. The Morgan fingerprint density at radius 2 is 2.19 bits per heavy atom. The van der Waals surface area contributed by atoms with Gasteiger partial charge in [0.05, 0.1) is 10.0 Å². The van der Waals surface area contributed by atoms with E-state index in [1.807, 2.05) is 0 Å². The van der Waals surface area contributed by atoms with Crippen molar-refractivity contribution in [1.29, 1.82) is 0 Å². The van der Waals surface area contributed by atoms with Crippen LogP contribution in [-0.2, 0) is 0 Å². The molecule has 0 N–H and O–H groups in total. The molecule has 0 heterocycles. The molecule has 0 atom stereocenters. The molecule has 0 unspecified atom stereocenters. The second-order valence-corrected chi connectivity index (χ2v) is 3.73. The molecule has 0 radical (unpaired) electrons. The van der Waals surface area contributed by atoms with Gasteiger partial charge in [-0.3, -0.25) is 0 Å². The predicted molar refractivity (Wildman–Crippen MR) is 64.1 cm³/mol. The third kappa shape index (κ3) is 3.74. The molecule has 0 bridgehead atoms. The van der Waals surface area contributed by atoms with Gasteiger partial charge >= 0.3 is 0 Å². The molecule has 0 aliphatic carbocycles. The first kappa shape index (κ1) is 12.8. The van der Waals surface area contributed by atoms with Crippen LogP contribution >= 0.6 is 23.2 Å². The predicted octanol–water partition coefficient (Wildman–Crippen LogP) is 4.85. The fourth-order valence-corrected chi connectivity index (χ4v) is 1.39. The summed E-state index contributed by atoms with van der Waals surface area (Å²) < 4.78 is 13.2. The molecule has 0 aromatic heterocycles. The van der Waals surface area contributed by atoms with Crippen LogP contribution in [0.15, 0.2) is 23.3 Å². The Balaban J connectivity index is 2.71. The Morgan fingerprint density at radius 3 is 2.81 bits per heavy atom. The van der Waals surface area contributed by atoms with Gasteiger partial charge in [0, 0.05) is 11.5 Å². The molecule has 1 aromatic carbocycles. The van der Waals surface area contributed by atoms with E-state index in [0.29, 0.717) is 18.5 Å². The quantitative estimate of drug-likeness (QED) is 0.244. The maximum Gasteiger partial charge on any atom is 0.143 e. The number of rotatable bonds is 4. The maximum absolute atomic E-state index is 13.2. The van der Waals surface area contributed by atoms with Gasteiger partial charge < -0.3 is 0 Å². The molecule has 0 spiro atoms. The minimum atomic E-state index is -0.552. The molecule has 0 fully saturated rings. The van der Waals surface area contributed by atoms with Crippen LogP contribution in [0.4, 0.5) is 4.39 Å². The summed E-state index contributed by atoms with van der Waals surface area (Å²) in [5.41, 5.74) is 8.66. The molecule has 0 aliphatic heterocycles. The number of azide groups is 1. The lowest BCUT2D eigenvalue weighted by Crippen LogP contribution is -1.82. The molecule has 0 amide bonds. The molecule has 16 heavy (non-hydrogen) atoms. The highest BCUT2D eigenvalue weighted by Gasteiger charge is 2.05. The zero-order valence-electron chi connectivity index (χ0n) is 8.20. The molecule has 1 rings (SSSR count). The second-order valence-electron chi connectivity index (χ2n) is 2.94. The van der Waals surface area contributed by atoms with Gasteiger partial charge in [-0.25, -0.2) is 4.39 Å². The van der Waals surface area contributed by atoms with E-state index in [9.17, 15) is 4.39 Å². The molecule has 3 nitrogen and oxygen atoms in total. The van der Waals surface area contributed by atoms with Crippen LogP contribution < -0.4 is 0 Å². The van der Waals surface area contributed by atoms with Gasteiger partial charge in [0.1, 0.15) is 5.82 Å². The highest BCUT2D eigenvalue weighted by molar-refractivity contribution is 6.42. The van der Waals surface area contributed by atoms with Gasteiger partial charge in [0.2, 0.25) is 0 Å². The average Bonchev–Trinajstić information content (AvgIpc) is 2.25. The molecular formula is C10H8Cl2FN3. The SMILES string of the molecule is [N-]=[N+]=NCCC=Cc1cc(F)c(Cl)c(Cl)c1. The third-order valence-electron chi connectivity index (χ3n) is 1.78. The first-order valence-electron chi connectivity index (χ1n) is 4.47. The monoisotopic (exact) mass is 259 g/mol. The number of halogens is 3. The van der Waals surface area contributed by atoms with Gasteiger partial charge in [-0.1, -0.05) is 40.5 Å². The van der Waals surface area contributed by atoms with Crippen LogP contribution in [0.5, 0.6) is 0 Å². The van der Waals surface area contributed by atoms with Crippen molar-refractivity contribution in [1.82, 2.24) is 0 Å². The van der Waals surface area contributed by atoms with Crippen molar-refractivity contribution in [2.24, 2.45) is 5.11 Å². The van der Waals surface area contributed by atoms with Crippen LogP contribution in [0.3, 0.4) is 0 Å². The Labute approximate surface area is 102 Å². The highest BCUT2D eigenvalue weighted by Crippen LogP contribution is 2.26. The molecule has 0 saturated heterocycles. The Kier molecular flexibility index (Phi) is 5.12. The summed E-state index contributed by atoms with van der Waals surface area (Å²) in [5.74, 6) is -0.552. The normalized spacial score (nSPS) is 10.4. The lowest BCUT2D eigenvalue weighted by atomic mass is 10.2. The molecule has 0 saturated carbocycles. The zero-order valence-corrected chi connectivity index (χ0v) is 9.71. The van der Waals surface area contributed by atoms with Gasteiger partial charge in [-0.2, -0.15) is 0 Å². The first-order valence-corrected chi connectivity index (χ1v) is 5.22. The van der Waals surface area contributed by atoms with Crippen molar-refractivity contribution >= 4 is 29.3 Å². The topological polar surface area (TPSA) is 48.8 Å². The van der Waals surface area contributed by atoms with Crippen LogP contribution in [0.2, 0.25) is 10.0 Å². The maximum atomic E-state index is 13.2. The average molecular weight is 260 g/mol. The minimum absolute atomic E-state index is 0.0760. The third-order valence-corrected chi connectivity index (χ3v) is 2.55. The van der Waals surface area contributed by atoms with E-state index in [0.717, 1.165) is 0 Å². The summed E-state index contributed by atoms with van der Waals surface area (Å²) in [5, 5.41) is 3.46. The summed E-state index contributed by atoms with van der Waals surface area (Å²) in [4.78, 5) is 2.61. The van der Waals surface area contributed by atoms with Crippen LogP contribution in [0.25, 0.3) is 16.5 Å². The molecule has 84 valence electrons. The largest absolute Gasteiger partial charge is 0.205 e. The van der Waals surface area contributed by atoms with Crippen molar-refractivity contribution in [3.8, 4) is 0 Å². The van der Waals surface area contributed by atoms with Gasteiger partial charge in [-0.15, -0.1) is 0 Å². The Hall–Kier alpha value is -1.22. The number of hydrogen-bond donors (Lipinski definition) is 0. The Morgan fingerprint density at radius 1 is 1.44 bits per heavy atom. The molecule has 0 aliphatic rings. The lowest BCUT2D eigenvalue weighted by Gasteiger charge is -1.99. The van der Waals surface area contributed by atoms with Crippen molar-refractivity contribution in [2.45, 2.75) is 6.42 Å². The van der Waals surface area contributed by atoms with E-state index in [1.165, 1.54) is 6.07 Å². The summed E-state index contributed by atoms with van der Waals surface area (Å²) in [6.07, 6.45) is 4.05. The van der Waals surface area contributed by atoms with Crippen molar-refractivity contribution < 1.29 is 4.39 Å². The minimum Gasteiger partial charge on any atom is -0.205 e. The molecule has 6 heteroatoms. The Bertz CT molecular complexity index is 430. The van der Waals surface area contributed by atoms with Gasteiger partial charge in [0.15, 0.2) is 0 Å². The van der Waals surface area contributed by atoms with Crippen LogP contribution in [-0.4, -0.2) is 6.54 Å². The first-order chi connectivity index (χ1) is 7.65. The van der Waals surface area contributed by atoms with Crippen molar-refractivity contribution in [2.75, 3.05) is 6.54 Å². The van der Waals surface area contributed by atoms with E-state index in [-0.39, 0.29) is 10.0 Å². The van der Waals surface area contributed by atoms with Gasteiger partial charge in [-0.05, 0) is 29.6 Å². The lowest BCUT2D eigenvalue weighted by molar-refractivity contribution is 0.628. The fourth-order valence-electron chi connectivity index (χ4n) is 1.07. The summed E-state index contributed by atoms with van der Waals surface area (Å²) in [6, 6.07) is 2.86. The van der Waals surface area contributed by atoms with Crippen LogP contribution in [0.1, 0.15) is 12.0 Å². The second kappa shape index (κ2) is 6.38. The standard InChI is InChI=1S/C10H8Cl2FN3/c11-8-5-7(6-9(13)10(8)12)3-1-2-4-15-16-14/h1,3,5-6H,2,4H2. The van der Waals surface area contributed by atoms with E-state index < -0.39 is 5.82 Å². The van der Waals surface area contributed by atoms with Crippen molar-refractivity contribution in [3.63, 3.8) is 0 Å². The van der Waals surface area contributed by atoms with E-state index >= 15 is 0 Å². The van der Waals surface area contributed by atoms with E-state index in [4.69, 9.17) is 28.7 Å². The smallest absolute Gasteiger partial charge is 0.143 e. The fraction of sp³-hybridized carbons (Fsp3) is 0.200. The van der Waals surface area contributed by atoms with Gasteiger partial charge in [0.25, 0.3) is 0 Å². The summed E-state index contributed by atoms with van der Waals surface area (Å²) in [7, 11) is 0.